The molecule has 3 rings (SSSR count). The number of carbonyl (C=O) groups is 1. The van der Waals surface area contributed by atoms with E-state index in [4.69, 9.17) is 5.73 Å². The van der Waals surface area contributed by atoms with Gasteiger partial charge < -0.3 is 11.1 Å². The van der Waals surface area contributed by atoms with Crippen molar-refractivity contribution < 1.29 is 4.79 Å². The zero-order chi connectivity index (χ0) is 14.7. The Morgan fingerprint density at radius 2 is 2.24 bits per heavy atom. The maximum Gasteiger partial charge on any atom is 0.265 e. The van der Waals surface area contributed by atoms with Crippen LogP contribution in [0.3, 0.4) is 0 Å². The summed E-state index contributed by atoms with van der Waals surface area (Å²) >= 11 is 1.61. The summed E-state index contributed by atoms with van der Waals surface area (Å²) in [5, 5.41) is 2.94. The second-order valence-corrected chi connectivity index (χ2v) is 6.09. The number of aryl methyl sites for hydroxylation is 2. The first kappa shape index (κ1) is 13.9. The van der Waals surface area contributed by atoms with Crippen molar-refractivity contribution in [3.8, 4) is 11.8 Å². The highest BCUT2D eigenvalue weighted by atomic mass is 32.1. The van der Waals surface area contributed by atoms with E-state index in [0.717, 1.165) is 29.0 Å². The van der Waals surface area contributed by atoms with Crippen LogP contribution in [0.1, 0.15) is 32.1 Å². The van der Waals surface area contributed by atoms with Gasteiger partial charge >= 0.3 is 0 Å². The van der Waals surface area contributed by atoms with Crippen LogP contribution < -0.4 is 11.1 Å². The van der Waals surface area contributed by atoms with Gasteiger partial charge in [-0.25, -0.2) is 0 Å². The van der Waals surface area contributed by atoms with Gasteiger partial charge in [0.15, 0.2) is 0 Å². The largest absolute Gasteiger partial charge is 0.321 e. The summed E-state index contributed by atoms with van der Waals surface area (Å²) in [6, 6.07) is 9.54. The van der Waals surface area contributed by atoms with Crippen molar-refractivity contribution in [2.24, 2.45) is 5.73 Å². The zero-order valence-corrected chi connectivity index (χ0v) is 12.4. The smallest absolute Gasteiger partial charge is 0.265 e. The van der Waals surface area contributed by atoms with Crippen LogP contribution in [-0.2, 0) is 12.8 Å². The second kappa shape index (κ2) is 6.13. The fraction of sp³-hybridized carbons (Fsp3) is 0.235. The van der Waals surface area contributed by atoms with Crippen LogP contribution in [0.2, 0.25) is 0 Å². The van der Waals surface area contributed by atoms with E-state index in [2.05, 4.69) is 17.2 Å². The molecule has 0 saturated carbocycles. The van der Waals surface area contributed by atoms with Crippen molar-refractivity contribution in [1.82, 2.24) is 0 Å². The molecule has 21 heavy (non-hydrogen) atoms. The van der Waals surface area contributed by atoms with Crippen molar-refractivity contribution >= 4 is 22.9 Å². The van der Waals surface area contributed by atoms with Gasteiger partial charge in [-0.2, -0.15) is 0 Å². The standard InChI is InChI=1S/C17H16N2OS/c18-9-3-5-12-4-1-7-14(10-12)19-17(20)16-11-13-6-2-8-15(13)21-16/h1,4,7,10-11H,2,6,8-9,18H2,(H,19,20). The molecule has 1 aliphatic carbocycles. The molecule has 1 aliphatic rings. The summed E-state index contributed by atoms with van der Waals surface area (Å²) < 4.78 is 0. The number of thiophene rings is 1. The molecule has 1 aromatic carbocycles. The number of nitrogens with two attached hydrogens (primary N) is 1. The van der Waals surface area contributed by atoms with Crippen LogP contribution >= 0.6 is 11.3 Å². The SMILES string of the molecule is NCC#Cc1cccc(NC(=O)c2cc3c(s2)CCC3)c1. The van der Waals surface area contributed by atoms with Gasteiger partial charge in [-0.3, -0.25) is 4.79 Å². The summed E-state index contributed by atoms with van der Waals surface area (Å²) in [4.78, 5) is 14.4. The maximum atomic E-state index is 12.3. The summed E-state index contributed by atoms with van der Waals surface area (Å²) in [7, 11) is 0. The molecule has 4 heteroatoms. The Kier molecular flexibility index (Phi) is 4.05. The molecular formula is C17H16N2OS. The third-order valence-corrected chi connectivity index (χ3v) is 4.66. The van der Waals surface area contributed by atoms with Gasteiger partial charge in [0.1, 0.15) is 0 Å². The lowest BCUT2D eigenvalue weighted by molar-refractivity contribution is 0.103. The van der Waals surface area contributed by atoms with E-state index in [9.17, 15) is 4.79 Å². The molecule has 1 amide bonds. The fourth-order valence-electron chi connectivity index (χ4n) is 2.46. The van der Waals surface area contributed by atoms with Gasteiger partial charge in [-0.15, -0.1) is 11.3 Å². The normalized spacial score (nSPS) is 12.4. The fourth-order valence-corrected chi connectivity index (χ4v) is 3.61. The zero-order valence-electron chi connectivity index (χ0n) is 11.6. The highest BCUT2D eigenvalue weighted by Gasteiger charge is 2.18. The molecule has 0 radical (unpaired) electrons. The molecule has 2 aromatic rings. The highest BCUT2D eigenvalue weighted by Crippen LogP contribution is 2.31. The average Bonchev–Trinajstić information content (AvgIpc) is 3.06. The Labute approximate surface area is 128 Å². The predicted octanol–water partition coefficient (Wildman–Crippen LogP) is 2.80. The minimum Gasteiger partial charge on any atom is -0.321 e. The number of nitrogens with one attached hydrogen (secondary N) is 1. The summed E-state index contributed by atoms with van der Waals surface area (Å²) in [5.41, 5.74) is 8.32. The van der Waals surface area contributed by atoms with Crippen LogP contribution in [0.5, 0.6) is 0 Å². The first-order valence-electron chi connectivity index (χ1n) is 6.98. The quantitative estimate of drug-likeness (QED) is 0.837. The van der Waals surface area contributed by atoms with Crippen LogP contribution in [0.15, 0.2) is 30.3 Å². The molecule has 1 heterocycles. The molecule has 3 N–H and O–H groups in total. The molecule has 106 valence electrons. The Bertz CT molecular complexity index is 715. The van der Waals surface area contributed by atoms with Crippen molar-refractivity contribution in [2.45, 2.75) is 19.3 Å². The van der Waals surface area contributed by atoms with Gasteiger partial charge in [0.05, 0.1) is 11.4 Å². The topological polar surface area (TPSA) is 55.1 Å². The van der Waals surface area contributed by atoms with Crippen LogP contribution in [0.4, 0.5) is 5.69 Å². The molecule has 0 bridgehead atoms. The van der Waals surface area contributed by atoms with Gasteiger partial charge in [0, 0.05) is 16.1 Å². The first-order chi connectivity index (χ1) is 10.3. The maximum absolute atomic E-state index is 12.3. The van der Waals surface area contributed by atoms with Crippen LogP contribution in [0, 0.1) is 11.8 Å². The lowest BCUT2D eigenvalue weighted by Crippen LogP contribution is -2.10. The van der Waals surface area contributed by atoms with E-state index in [0.29, 0.717) is 6.54 Å². The third-order valence-electron chi connectivity index (χ3n) is 3.43. The Morgan fingerprint density at radius 1 is 1.33 bits per heavy atom. The van der Waals surface area contributed by atoms with E-state index in [1.807, 2.05) is 30.3 Å². The average molecular weight is 296 g/mol. The predicted molar refractivity (Wildman–Crippen MR) is 86.7 cm³/mol. The second-order valence-electron chi connectivity index (χ2n) is 4.95. The molecule has 0 unspecified atom stereocenters. The van der Waals surface area contributed by atoms with E-state index in [1.54, 1.807) is 11.3 Å². The monoisotopic (exact) mass is 296 g/mol. The number of rotatable bonds is 2. The highest BCUT2D eigenvalue weighted by molar-refractivity contribution is 7.14. The van der Waals surface area contributed by atoms with E-state index in [1.165, 1.54) is 16.9 Å². The molecule has 0 atom stereocenters. The third kappa shape index (κ3) is 3.15. The molecule has 3 nitrogen and oxygen atoms in total. The lowest BCUT2D eigenvalue weighted by Gasteiger charge is -2.04. The Balaban J connectivity index is 1.74. The summed E-state index contributed by atoms with van der Waals surface area (Å²) in [6.45, 7) is 0.331. The Morgan fingerprint density at radius 3 is 3.05 bits per heavy atom. The number of hydrogen-bond donors (Lipinski definition) is 2. The van der Waals surface area contributed by atoms with Crippen molar-refractivity contribution in [2.75, 3.05) is 11.9 Å². The van der Waals surface area contributed by atoms with Gasteiger partial charge in [-0.05, 0) is 49.1 Å². The molecule has 1 aromatic heterocycles. The Hall–Kier alpha value is -2.09. The number of fused-ring (bicyclic) bond motifs is 1. The van der Waals surface area contributed by atoms with Crippen molar-refractivity contribution in [1.29, 1.82) is 0 Å². The number of carbonyl (C=O) groups excluding carboxylic acids is 1. The number of hydrogen-bond acceptors (Lipinski definition) is 3. The summed E-state index contributed by atoms with van der Waals surface area (Å²) in [5.74, 6) is 5.73. The molecule has 0 fully saturated rings. The minimum absolute atomic E-state index is 0.0432. The molecule has 0 aliphatic heterocycles. The molecular weight excluding hydrogens is 280 g/mol. The van der Waals surface area contributed by atoms with Gasteiger partial charge in [0.2, 0.25) is 0 Å². The minimum atomic E-state index is -0.0432. The number of amides is 1. The first-order valence-corrected chi connectivity index (χ1v) is 7.80. The van der Waals surface area contributed by atoms with Crippen LogP contribution in [-0.4, -0.2) is 12.5 Å². The van der Waals surface area contributed by atoms with E-state index in [-0.39, 0.29) is 5.91 Å². The molecule has 0 spiro atoms. The van der Waals surface area contributed by atoms with Gasteiger partial charge in [-0.1, -0.05) is 17.9 Å². The van der Waals surface area contributed by atoms with Crippen LogP contribution in [0.25, 0.3) is 0 Å². The lowest BCUT2D eigenvalue weighted by atomic mass is 10.2. The van der Waals surface area contributed by atoms with E-state index < -0.39 is 0 Å². The number of anilines is 1. The van der Waals surface area contributed by atoms with Gasteiger partial charge in [0.25, 0.3) is 5.91 Å². The van der Waals surface area contributed by atoms with Crippen molar-refractivity contribution in [3.63, 3.8) is 0 Å². The molecule has 0 saturated heterocycles. The van der Waals surface area contributed by atoms with E-state index >= 15 is 0 Å². The van der Waals surface area contributed by atoms with Crippen molar-refractivity contribution in [3.05, 3.63) is 51.2 Å². The number of benzene rings is 1. The summed E-state index contributed by atoms with van der Waals surface area (Å²) in [6.07, 6.45) is 3.42.